The van der Waals surface area contributed by atoms with Gasteiger partial charge in [-0.05, 0) is 43.3 Å². The Bertz CT molecular complexity index is 1210. The number of carbonyl (C=O) groups is 2. The summed E-state index contributed by atoms with van der Waals surface area (Å²) in [4.78, 5) is 25.5. The number of halogens is 1. The number of anilines is 2. The molecule has 6 heteroatoms. The lowest BCUT2D eigenvalue weighted by Gasteiger charge is -2.08. The van der Waals surface area contributed by atoms with Crippen LogP contribution in [0.3, 0.4) is 0 Å². The zero-order valence-electron chi connectivity index (χ0n) is 15.5. The zero-order chi connectivity index (χ0) is 20.4. The summed E-state index contributed by atoms with van der Waals surface area (Å²) in [6.07, 6.45) is 0. The lowest BCUT2D eigenvalue weighted by molar-refractivity contribution is 0.0999. The van der Waals surface area contributed by atoms with Gasteiger partial charge in [-0.1, -0.05) is 42.0 Å². The molecule has 4 rings (SSSR count). The highest BCUT2D eigenvalue weighted by atomic mass is 19.1. The molecule has 0 atom stereocenters. The summed E-state index contributed by atoms with van der Waals surface area (Å²) in [5.41, 5.74) is 2.17. The van der Waals surface area contributed by atoms with Gasteiger partial charge in [-0.3, -0.25) is 9.59 Å². The number of rotatable bonds is 4. The normalized spacial score (nSPS) is 10.7. The highest BCUT2D eigenvalue weighted by Crippen LogP contribution is 2.32. The summed E-state index contributed by atoms with van der Waals surface area (Å²) < 4.78 is 19.6. The lowest BCUT2D eigenvalue weighted by Crippen LogP contribution is -2.17. The van der Waals surface area contributed by atoms with Crippen molar-refractivity contribution in [1.29, 1.82) is 0 Å². The number of hydrogen-bond donors (Lipinski definition) is 2. The molecule has 144 valence electrons. The van der Waals surface area contributed by atoms with Crippen LogP contribution in [0.1, 0.15) is 26.5 Å². The van der Waals surface area contributed by atoms with E-state index in [0.29, 0.717) is 16.5 Å². The first-order valence-electron chi connectivity index (χ1n) is 8.98. The number of fused-ring (bicyclic) bond motifs is 1. The summed E-state index contributed by atoms with van der Waals surface area (Å²) in [7, 11) is 0. The summed E-state index contributed by atoms with van der Waals surface area (Å²) in [6.45, 7) is 1.93. The minimum atomic E-state index is -0.662. The summed E-state index contributed by atoms with van der Waals surface area (Å²) in [5, 5.41) is 5.83. The Balaban J connectivity index is 1.71. The van der Waals surface area contributed by atoms with E-state index < -0.39 is 11.7 Å². The number of aryl methyl sites for hydroxylation is 1. The predicted octanol–water partition coefficient (Wildman–Crippen LogP) is 5.38. The van der Waals surface area contributed by atoms with E-state index in [2.05, 4.69) is 10.6 Å². The molecule has 0 aliphatic rings. The maximum Gasteiger partial charge on any atom is 0.293 e. The minimum Gasteiger partial charge on any atom is -0.449 e. The highest BCUT2D eigenvalue weighted by Gasteiger charge is 2.23. The van der Waals surface area contributed by atoms with E-state index in [0.717, 1.165) is 5.56 Å². The maximum absolute atomic E-state index is 13.9. The van der Waals surface area contributed by atoms with Crippen LogP contribution in [-0.2, 0) is 0 Å². The van der Waals surface area contributed by atoms with Gasteiger partial charge < -0.3 is 15.1 Å². The van der Waals surface area contributed by atoms with Gasteiger partial charge in [-0.25, -0.2) is 4.39 Å². The molecule has 2 amide bonds. The second-order valence-corrected chi connectivity index (χ2v) is 6.56. The smallest absolute Gasteiger partial charge is 0.293 e. The van der Waals surface area contributed by atoms with E-state index in [1.165, 1.54) is 18.2 Å². The van der Waals surface area contributed by atoms with Crippen LogP contribution in [0, 0.1) is 12.7 Å². The third-order valence-corrected chi connectivity index (χ3v) is 4.48. The van der Waals surface area contributed by atoms with Gasteiger partial charge in [0.25, 0.3) is 11.8 Å². The van der Waals surface area contributed by atoms with Crippen LogP contribution in [0.5, 0.6) is 0 Å². The van der Waals surface area contributed by atoms with E-state index in [9.17, 15) is 14.0 Å². The SMILES string of the molecule is Cc1ccc(C(=O)Nc2c(C(=O)Nc3ccccc3F)oc3ccccc23)cc1. The molecule has 3 aromatic carbocycles. The van der Waals surface area contributed by atoms with Crippen molar-refractivity contribution in [2.75, 3.05) is 10.6 Å². The Morgan fingerprint density at radius 3 is 2.28 bits per heavy atom. The van der Waals surface area contributed by atoms with Gasteiger partial charge in [0, 0.05) is 10.9 Å². The molecule has 0 aliphatic heterocycles. The molecule has 2 N–H and O–H groups in total. The summed E-state index contributed by atoms with van der Waals surface area (Å²) in [5.74, 6) is -1.71. The quantitative estimate of drug-likeness (QED) is 0.493. The van der Waals surface area contributed by atoms with Crippen molar-refractivity contribution in [1.82, 2.24) is 0 Å². The Kier molecular flexibility index (Phi) is 4.83. The first-order valence-corrected chi connectivity index (χ1v) is 8.98. The molecule has 4 aromatic rings. The van der Waals surface area contributed by atoms with Gasteiger partial charge in [0.1, 0.15) is 17.1 Å². The molecular weight excluding hydrogens is 371 g/mol. The third kappa shape index (κ3) is 3.73. The molecule has 1 heterocycles. The first kappa shape index (κ1) is 18.4. The largest absolute Gasteiger partial charge is 0.449 e. The van der Waals surface area contributed by atoms with Crippen LogP contribution >= 0.6 is 0 Å². The number of nitrogens with one attached hydrogen (secondary N) is 2. The molecule has 5 nitrogen and oxygen atoms in total. The maximum atomic E-state index is 13.9. The topological polar surface area (TPSA) is 71.3 Å². The Labute approximate surface area is 166 Å². The molecule has 0 saturated heterocycles. The fourth-order valence-corrected chi connectivity index (χ4v) is 2.96. The van der Waals surface area contributed by atoms with Gasteiger partial charge in [0.05, 0.1) is 5.69 Å². The predicted molar refractivity (Wildman–Crippen MR) is 110 cm³/mol. The molecule has 0 saturated carbocycles. The van der Waals surface area contributed by atoms with Crippen molar-refractivity contribution in [3.8, 4) is 0 Å². The van der Waals surface area contributed by atoms with Gasteiger partial charge >= 0.3 is 0 Å². The van der Waals surface area contributed by atoms with Crippen LogP contribution in [0.4, 0.5) is 15.8 Å². The van der Waals surface area contributed by atoms with Crippen LogP contribution in [-0.4, -0.2) is 11.8 Å². The van der Waals surface area contributed by atoms with Crippen molar-refractivity contribution in [2.45, 2.75) is 6.92 Å². The molecule has 0 bridgehead atoms. The van der Waals surface area contributed by atoms with Crippen LogP contribution in [0.15, 0.2) is 77.2 Å². The summed E-state index contributed by atoms with van der Waals surface area (Å²) >= 11 is 0. The fourth-order valence-electron chi connectivity index (χ4n) is 2.96. The molecular formula is C23H17FN2O3. The van der Waals surface area contributed by atoms with Gasteiger partial charge in [-0.15, -0.1) is 0 Å². The molecule has 1 aromatic heterocycles. The molecule has 0 spiro atoms. The number of para-hydroxylation sites is 2. The van der Waals surface area contributed by atoms with Crippen molar-refractivity contribution in [3.63, 3.8) is 0 Å². The van der Waals surface area contributed by atoms with E-state index in [4.69, 9.17) is 4.42 Å². The van der Waals surface area contributed by atoms with Crippen LogP contribution in [0.2, 0.25) is 0 Å². The number of carbonyl (C=O) groups excluding carboxylic acids is 2. The fraction of sp³-hybridized carbons (Fsp3) is 0.0435. The Hall–Kier alpha value is -3.93. The second kappa shape index (κ2) is 7.59. The zero-order valence-corrected chi connectivity index (χ0v) is 15.5. The average Bonchev–Trinajstić information content (AvgIpc) is 3.09. The van der Waals surface area contributed by atoms with Crippen molar-refractivity contribution in [2.24, 2.45) is 0 Å². The van der Waals surface area contributed by atoms with Crippen molar-refractivity contribution < 1.29 is 18.4 Å². The minimum absolute atomic E-state index is 0.0220. The molecule has 29 heavy (non-hydrogen) atoms. The Morgan fingerprint density at radius 1 is 0.828 bits per heavy atom. The first-order chi connectivity index (χ1) is 14.0. The second-order valence-electron chi connectivity index (χ2n) is 6.56. The summed E-state index contributed by atoms with van der Waals surface area (Å²) in [6, 6.07) is 19.8. The molecule has 0 unspecified atom stereocenters. The van der Waals surface area contributed by atoms with Gasteiger partial charge in [-0.2, -0.15) is 0 Å². The van der Waals surface area contributed by atoms with Crippen molar-refractivity contribution >= 4 is 34.2 Å². The highest BCUT2D eigenvalue weighted by molar-refractivity contribution is 6.16. The number of furan rings is 1. The molecule has 0 aliphatic carbocycles. The van der Waals surface area contributed by atoms with Crippen molar-refractivity contribution in [3.05, 3.63) is 95.5 Å². The number of hydrogen-bond acceptors (Lipinski definition) is 3. The van der Waals surface area contributed by atoms with Crippen LogP contribution < -0.4 is 10.6 Å². The molecule has 0 fully saturated rings. The number of benzene rings is 3. The van der Waals surface area contributed by atoms with Gasteiger partial charge in [0.15, 0.2) is 0 Å². The Morgan fingerprint density at radius 2 is 1.52 bits per heavy atom. The third-order valence-electron chi connectivity index (χ3n) is 4.48. The monoisotopic (exact) mass is 388 g/mol. The van der Waals surface area contributed by atoms with E-state index in [-0.39, 0.29) is 23.0 Å². The average molecular weight is 388 g/mol. The standard InChI is InChI=1S/C23H17FN2O3/c1-14-10-12-15(13-11-14)22(27)26-20-16-6-2-5-9-19(16)29-21(20)23(28)25-18-8-4-3-7-17(18)24/h2-13H,1H3,(H,25,28)(H,26,27). The lowest BCUT2D eigenvalue weighted by atomic mass is 10.1. The number of amides is 2. The van der Waals surface area contributed by atoms with E-state index in [1.54, 1.807) is 42.5 Å². The van der Waals surface area contributed by atoms with E-state index >= 15 is 0 Å². The van der Waals surface area contributed by atoms with Crippen LogP contribution in [0.25, 0.3) is 11.0 Å². The van der Waals surface area contributed by atoms with Gasteiger partial charge in [0.2, 0.25) is 5.76 Å². The van der Waals surface area contributed by atoms with E-state index in [1.807, 2.05) is 19.1 Å². The molecule has 0 radical (unpaired) electrons.